The van der Waals surface area contributed by atoms with Gasteiger partial charge in [0.05, 0.1) is 11.6 Å². The summed E-state index contributed by atoms with van der Waals surface area (Å²) < 4.78 is 5.51. The molecule has 17 heavy (non-hydrogen) atoms. The molecule has 0 radical (unpaired) electrons. The first-order valence-electron chi connectivity index (χ1n) is 5.29. The fourth-order valence-electron chi connectivity index (χ4n) is 1.11. The Morgan fingerprint density at radius 1 is 1.35 bits per heavy atom. The first-order chi connectivity index (χ1) is 7.83. The predicted octanol–water partition coefficient (Wildman–Crippen LogP) is 3.49. The summed E-state index contributed by atoms with van der Waals surface area (Å²) in [5.74, 6) is 5.96. The van der Waals surface area contributed by atoms with Crippen LogP contribution in [0.3, 0.4) is 0 Å². The van der Waals surface area contributed by atoms with Crippen LogP contribution in [0.25, 0.3) is 0 Å². The molecule has 0 atom stereocenters. The monoisotopic (exact) mass is 277 g/mol. The minimum absolute atomic E-state index is 0.202. The molecule has 0 aliphatic rings. The summed E-state index contributed by atoms with van der Waals surface area (Å²) >= 11 is 11.8. The number of nitrogens with two attached hydrogens (primary N) is 1. The third-order valence-corrected chi connectivity index (χ3v) is 2.68. The highest BCUT2D eigenvalue weighted by molar-refractivity contribution is 6.36. The molecular formula is C11H17Cl2N3O. The molecule has 1 aromatic rings. The molecule has 6 heteroatoms. The van der Waals surface area contributed by atoms with Crippen molar-refractivity contribution >= 4 is 29.0 Å². The Morgan fingerprint density at radius 3 is 2.53 bits per heavy atom. The summed E-state index contributed by atoms with van der Waals surface area (Å²) in [7, 11) is 0. The second kappa shape index (κ2) is 5.76. The van der Waals surface area contributed by atoms with E-state index in [0.29, 0.717) is 28.3 Å². The van der Waals surface area contributed by atoms with Gasteiger partial charge in [-0.1, -0.05) is 44.0 Å². The van der Waals surface area contributed by atoms with E-state index in [2.05, 4.69) is 31.2 Å². The van der Waals surface area contributed by atoms with Gasteiger partial charge in [-0.3, -0.25) is 0 Å². The lowest BCUT2D eigenvalue weighted by Gasteiger charge is -2.18. The van der Waals surface area contributed by atoms with Crippen LogP contribution in [0.4, 0.5) is 5.82 Å². The van der Waals surface area contributed by atoms with E-state index in [1.165, 1.54) is 0 Å². The first-order valence-corrected chi connectivity index (χ1v) is 6.04. The van der Waals surface area contributed by atoms with Gasteiger partial charge in [0.15, 0.2) is 5.82 Å². The number of hydrazine groups is 1. The zero-order valence-corrected chi connectivity index (χ0v) is 11.7. The lowest BCUT2D eigenvalue weighted by molar-refractivity contribution is 0.236. The summed E-state index contributed by atoms with van der Waals surface area (Å²) in [5.41, 5.74) is 2.59. The van der Waals surface area contributed by atoms with Crippen LogP contribution in [0.1, 0.15) is 27.2 Å². The fraction of sp³-hybridized carbons (Fsp3) is 0.545. The van der Waals surface area contributed by atoms with Crippen molar-refractivity contribution in [2.75, 3.05) is 12.0 Å². The molecule has 96 valence electrons. The Labute approximate surface area is 111 Å². The standard InChI is InChI=1S/C11H17Cl2N3O/c1-11(2,3)4-5-17-10-8(13)6-7(12)9(15-10)16-14/h6H,4-5,14H2,1-3H3,(H,15,16). The second-order valence-corrected chi connectivity index (χ2v) is 5.72. The molecule has 0 bridgehead atoms. The number of aromatic nitrogens is 1. The van der Waals surface area contributed by atoms with Crippen LogP contribution in [0.15, 0.2) is 6.07 Å². The Balaban J connectivity index is 2.71. The van der Waals surface area contributed by atoms with Crippen LogP contribution in [0, 0.1) is 5.41 Å². The number of rotatable bonds is 4. The van der Waals surface area contributed by atoms with E-state index in [1.807, 2.05) is 0 Å². The third kappa shape index (κ3) is 4.58. The normalized spacial score (nSPS) is 11.4. The smallest absolute Gasteiger partial charge is 0.234 e. The third-order valence-electron chi connectivity index (χ3n) is 2.12. The summed E-state index contributed by atoms with van der Waals surface area (Å²) in [6, 6.07) is 1.55. The van der Waals surface area contributed by atoms with E-state index in [1.54, 1.807) is 6.07 Å². The molecule has 1 heterocycles. The van der Waals surface area contributed by atoms with Gasteiger partial charge >= 0.3 is 0 Å². The van der Waals surface area contributed by atoms with Crippen LogP contribution >= 0.6 is 23.2 Å². The Hall–Kier alpha value is -0.710. The van der Waals surface area contributed by atoms with Gasteiger partial charge in [0.2, 0.25) is 5.88 Å². The zero-order valence-electron chi connectivity index (χ0n) is 10.2. The van der Waals surface area contributed by atoms with Crippen molar-refractivity contribution in [2.24, 2.45) is 11.3 Å². The molecule has 0 spiro atoms. The summed E-state index contributed by atoms with van der Waals surface area (Å²) in [5, 5.41) is 0.739. The molecule has 0 amide bonds. The van der Waals surface area contributed by atoms with Gasteiger partial charge in [0.25, 0.3) is 0 Å². The van der Waals surface area contributed by atoms with Crippen LogP contribution in [-0.2, 0) is 0 Å². The molecule has 0 aliphatic carbocycles. The molecule has 1 rings (SSSR count). The number of hydrogen-bond donors (Lipinski definition) is 2. The number of nitrogens with one attached hydrogen (secondary N) is 1. The number of hydrogen-bond acceptors (Lipinski definition) is 4. The maximum Gasteiger partial charge on any atom is 0.234 e. The molecule has 1 aromatic heterocycles. The molecular weight excluding hydrogens is 261 g/mol. The maximum absolute atomic E-state index is 5.97. The van der Waals surface area contributed by atoms with Gasteiger partial charge in [-0.05, 0) is 17.9 Å². The van der Waals surface area contributed by atoms with Crippen molar-refractivity contribution in [3.63, 3.8) is 0 Å². The van der Waals surface area contributed by atoms with E-state index in [0.717, 1.165) is 6.42 Å². The van der Waals surface area contributed by atoms with Gasteiger partial charge in [0.1, 0.15) is 5.02 Å². The van der Waals surface area contributed by atoms with Crippen LogP contribution in [0.2, 0.25) is 10.0 Å². The van der Waals surface area contributed by atoms with Crippen LogP contribution in [0.5, 0.6) is 5.88 Å². The number of nitrogen functional groups attached to an aromatic ring is 1. The van der Waals surface area contributed by atoms with Crippen molar-refractivity contribution in [2.45, 2.75) is 27.2 Å². The molecule has 3 N–H and O–H groups in total. The minimum atomic E-state index is 0.202. The highest BCUT2D eigenvalue weighted by Crippen LogP contribution is 2.30. The molecule has 0 unspecified atom stereocenters. The first kappa shape index (κ1) is 14.4. The molecule has 0 saturated heterocycles. The van der Waals surface area contributed by atoms with Gasteiger partial charge < -0.3 is 10.2 Å². The number of nitrogens with zero attached hydrogens (tertiary/aromatic N) is 1. The van der Waals surface area contributed by atoms with E-state index in [-0.39, 0.29) is 5.41 Å². The topological polar surface area (TPSA) is 60.2 Å². The maximum atomic E-state index is 5.97. The average Bonchev–Trinajstić information content (AvgIpc) is 2.19. The Bertz CT molecular complexity index is 391. The van der Waals surface area contributed by atoms with E-state index in [4.69, 9.17) is 33.8 Å². The van der Waals surface area contributed by atoms with Crippen molar-refractivity contribution in [1.29, 1.82) is 0 Å². The molecule has 4 nitrogen and oxygen atoms in total. The lowest BCUT2D eigenvalue weighted by atomic mass is 9.93. The largest absolute Gasteiger partial charge is 0.477 e. The lowest BCUT2D eigenvalue weighted by Crippen LogP contribution is -2.13. The van der Waals surface area contributed by atoms with E-state index < -0.39 is 0 Å². The molecule has 0 fully saturated rings. The highest BCUT2D eigenvalue weighted by Gasteiger charge is 2.13. The van der Waals surface area contributed by atoms with E-state index in [9.17, 15) is 0 Å². The van der Waals surface area contributed by atoms with E-state index >= 15 is 0 Å². The van der Waals surface area contributed by atoms with Gasteiger partial charge in [-0.25, -0.2) is 5.84 Å². The zero-order chi connectivity index (χ0) is 13.1. The number of pyridine rings is 1. The van der Waals surface area contributed by atoms with Gasteiger partial charge in [0, 0.05) is 0 Å². The number of ether oxygens (including phenoxy) is 1. The predicted molar refractivity (Wildman–Crippen MR) is 71.6 cm³/mol. The number of anilines is 1. The van der Waals surface area contributed by atoms with Crippen molar-refractivity contribution in [3.05, 3.63) is 16.1 Å². The highest BCUT2D eigenvalue weighted by atomic mass is 35.5. The van der Waals surface area contributed by atoms with Crippen molar-refractivity contribution in [3.8, 4) is 5.88 Å². The summed E-state index contributed by atoms with van der Waals surface area (Å²) in [6.07, 6.45) is 0.902. The quantitative estimate of drug-likeness (QED) is 0.653. The molecule has 0 saturated carbocycles. The minimum Gasteiger partial charge on any atom is -0.477 e. The van der Waals surface area contributed by atoms with Crippen molar-refractivity contribution in [1.82, 2.24) is 4.98 Å². The molecule has 0 aromatic carbocycles. The van der Waals surface area contributed by atoms with Crippen molar-refractivity contribution < 1.29 is 4.74 Å². The summed E-state index contributed by atoms with van der Waals surface area (Å²) in [6.45, 7) is 6.96. The Kier molecular flexibility index (Phi) is 4.86. The second-order valence-electron chi connectivity index (χ2n) is 4.91. The number of halogens is 2. The average molecular weight is 278 g/mol. The van der Waals surface area contributed by atoms with Crippen LogP contribution < -0.4 is 16.0 Å². The van der Waals surface area contributed by atoms with Gasteiger partial charge in [-0.2, -0.15) is 4.98 Å². The Morgan fingerprint density at radius 2 is 2.00 bits per heavy atom. The SMILES string of the molecule is CC(C)(C)CCOc1nc(NN)c(Cl)cc1Cl. The van der Waals surface area contributed by atoms with Crippen LogP contribution in [-0.4, -0.2) is 11.6 Å². The summed E-state index contributed by atoms with van der Waals surface area (Å²) in [4.78, 5) is 4.09. The fourth-order valence-corrected chi connectivity index (χ4v) is 1.57. The molecule has 0 aliphatic heterocycles. The van der Waals surface area contributed by atoms with Gasteiger partial charge in [-0.15, -0.1) is 0 Å².